The summed E-state index contributed by atoms with van der Waals surface area (Å²) in [5.41, 5.74) is 0.252. The van der Waals surface area contributed by atoms with Crippen LogP contribution in [0.3, 0.4) is 0 Å². The van der Waals surface area contributed by atoms with Gasteiger partial charge in [-0.3, -0.25) is 5.32 Å². The fourth-order valence-corrected chi connectivity index (χ4v) is 2.45. The van der Waals surface area contributed by atoms with E-state index in [0.29, 0.717) is 6.61 Å². The maximum absolute atomic E-state index is 12.6. The molecule has 0 saturated carbocycles. The quantitative estimate of drug-likeness (QED) is 0.737. The van der Waals surface area contributed by atoms with Crippen molar-refractivity contribution in [3.63, 3.8) is 0 Å². The normalized spacial score (nSPS) is 15.4. The molecule has 0 radical (unpaired) electrons. The average Bonchev–Trinajstić information content (AvgIpc) is 2.47. The zero-order chi connectivity index (χ0) is 15.0. The lowest BCUT2D eigenvalue weighted by Crippen LogP contribution is -2.53. The van der Waals surface area contributed by atoms with Crippen molar-refractivity contribution in [3.05, 3.63) is 35.9 Å². The maximum atomic E-state index is 12.6. The first-order valence-electron chi connectivity index (χ1n) is 7.61. The third kappa shape index (κ3) is 3.83. The number of carbonyl (C=O) groups is 1. The minimum Gasteiger partial charge on any atom is -0.464 e. The predicted molar refractivity (Wildman–Crippen MR) is 82.5 cm³/mol. The summed E-state index contributed by atoms with van der Waals surface area (Å²) in [5.74, 6) is -0.173. The van der Waals surface area contributed by atoms with E-state index in [2.05, 4.69) is 26.1 Å². The maximum Gasteiger partial charge on any atom is 0.330 e. The molecule has 0 saturated heterocycles. The molecule has 0 aliphatic rings. The second kappa shape index (κ2) is 8.05. The fraction of sp³-hybridized carbons (Fsp3) is 0.588. The summed E-state index contributed by atoms with van der Waals surface area (Å²) < 4.78 is 5.36. The molecule has 20 heavy (non-hydrogen) atoms. The molecule has 0 spiro atoms. The van der Waals surface area contributed by atoms with Crippen LogP contribution in [0.4, 0.5) is 0 Å². The zero-order valence-electron chi connectivity index (χ0n) is 13.1. The van der Waals surface area contributed by atoms with Gasteiger partial charge in [-0.25, -0.2) is 4.79 Å². The lowest BCUT2D eigenvalue weighted by Gasteiger charge is -2.35. The molecule has 112 valence electrons. The molecular formula is C17H27NO2. The van der Waals surface area contributed by atoms with Gasteiger partial charge in [0.25, 0.3) is 0 Å². The second-order valence-electron chi connectivity index (χ2n) is 5.20. The smallest absolute Gasteiger partial charge is 0.330 e. The molecule has 1 rings (SSSR count). The lowest BCUT2D eigenvalue weighted by molar-refractivity contribution is -0.152. The highest BCUT2D eigenvalue weighted by atomic mass is 16.5. The van der Waals surface area contributed by atoms with Crippen LogP contribution in [0.1, 0.15) is 52.5 Å². The van der Waals surface area contributed by atoms with Crippen LogP contribution < -0.4 is 5.32 Å². The van der Waals surface area contributed by atoms with Gasteiger partial charge in [-0.15, -0.1) is 0 Å². The van der Waals surface area contributed by atoms with Crippen LogP contribution in [0, 0.1) is 0 Å². The van der Waals surface area contributed by atoms with Crippen LogP contribution in [-0.4, -0.2) is 18.6 Å². The van der Waals surface area contributed by atoms with E-state index in [9.17, 15) is 4.79 Å². The topological polar surface area (TPSA) is 38.3 Å². The van der Waals surface area contributed by atoms with Crippen LogP contribution in [0.2, 0.25) is 0 Å². The van der Waals surface area contributed by atoms with E-state index in [1.54, 1.807) is 0 Å². The number of hydrogen-bond donors (Lipinski definition) is 1. The Bertz CT molecular complexity index is 405. The standard InChI is InChI=1S/C17H27NO2/c1-5-13-17(16(19)20-7-3,18-14(4)6-2)15-11-9-8-10-12-15/h8-12,14,18H,5-7,13H2,1-4H3. The molecule has 0 bridgehead atoms. The van der Waals surface area contributed by atoms with E-state index in [4.69, 9.17) is 4.74 Å². The molecule has 1 aromatic rings. The zero-order valence-corrected chi connectivity index (χ0v) is 13.1. The van der Waals surface area contributed by atoms with Gasteiger partial charge >= 0.3 is 5.97 Å². The van der Waals surface area contributed by atoms with E-state index in [1.165, 1.54) is 0 Å². The number of hydrogen-bond acceptors (Lipinski definition) is 3. The molecule has 3 heteroatoms. The van der Waals surface area contributed by atoms with Crippen molar-refractivity contribution < 1.29 is 9.53 Å². The SMILES string of the molecule is CCCC(NC(C)CC)(C(=O)OCC)c1ccccc1. The van der Waals surface area contributed by atoms with Gasteiger partial charge in [0.2, 0.25) is 0 Å². The highest BCUT2D eigenvalue weighted by molar-refractivity contribution is 5.82. The van der Waals surface area contributed by atoms with Crippen LogP contribution in [0.15, 0.2) is 30.3 Å². The monoisotopic (exact) mass is 277 g/mol. The van der Waals surface area contributed by atoms with Gasteiger partial charge in [0.15, 0.2) is 0 Å². The first kappa shape index (κ1) is 16.7. The van der Waals surface area contributed by atoms with E-state index in [1.807, 2.05) is 37.3 Å². The van der Waals surface area contributed by atoms with E-state index in [0.717, 1.165) is 24.8 Å². The minimum absolute atomic E-state index is 0.173. The predicted octanol–water partition coefficient (Wildman–Crippen LogP) is 3.63. The van der Waals surface area contributed by atoms with Crippen molar-refractivity contribution >= 4 is 5.97 Å². The van der Waals surface area contributed by atoms with Crippen molar-refractivity contribution in [2.45, 2.75) is 58.5 Å². The number of ether oxygens (including phenoxy) is 1. The molecule has 1 aromatic carbocycles. The lowest BCUT2D eigenvalue weighted by atomic mass is 9.84. The van der Waals surface area contributed by atoms with Gasteiger partial charge in [0.1, 0.15) is 5.54 Å². The Morgan fingerprint density at radius 2 is 1.90 bits per heavy atom. The van der Waals surface area contributed by atoms with E-state index >= 15 is 0 Å². The van der Waals surface area contributed by atoms with Crippen molar-refractivity contribution in [3.8, 4) is 0 Å². The molecule has 2 unspecified atom stereocenters. The molecule has 0 heterocycles. The van der Waals surface area contributed by atoms with Crippen LogP contribution in [-0.2, 0) is 15.1 Å². The number of esters is 1. The summed E-state index contributed by atoms with van der Waals surface area (Å²) in [6.45, 7) is 8.56. The van der Waals surface area contributed by atoms with E-state index in [-0.39, 0.29) is 12.0 Å². The first-order chi connectivity index (χ1) is 9.60. The summed E-state index contributed by atoms with van der Waals surface area (Å²) in [6, 6.07) is 10.2. The Labute approximate surface area is 122 Å². The Balaban J connectivity index is 3.22. The molecule has 3 nitrogen and oxygen atoms in total. The minimum atomic E-state index is -0.735. The van der Waals surface area contributed by atoms with Gasteiger partial charge in [0, 0.05) is 6.04 Å². The van der Waals surface area contributed by atoms with Gasteiger partial charge in [-0.2, -0.15) is 0 Å². The van der Waals surface area contributed by atoms with Gasteiger partial charge in [-0.1, -0.05) is 50.6 Å². The van der Waals surface area contributed by atoms with Gasteiger partial charge in [0.05, 0.1) is 6.61 Å². The third-order valence-electron chi connectivity index (χ3n) is 3.62. The Kier molecular flexibility index (Phi) is 6.73. The highest BCUT2D eigenvalue weighted by Crippen LogP contribution is 2.29. The largest absolute Gasteiger partial charge is 0.464 e. The van der Waals surface area contributed by atoms with Crippen molar-refractivity contribution in [1.29, 1.82) is 0 Å². The van der Waals surface area contributed by atoms with Crippen molar-refractivity contribution in [2.75, 3.05) is 6.61 Å². The fourth-order valence-electron chi connectivity index (χ4n) is 2.45. The Morgan fingerprint density at radius 1 is 1.25 bits per heavy atom. The molecule has 0 aliphatic carbocycles. The van der Waals surface area contributed by atoms with Crippen molar-refractivity contribution in [1.82, 2.24) is 5.32 Å². The van der Waals surface area contributed by atoms with Crippen LogP contribution in [0.5, 0.6) is 0 Å². The number of carbonyl (C=O) groups excluding carboxylic acids is 1. The molecular weight excluding hydrogens is 250 g/mol. The average molecular weight is 277 g/mol. The molecule has 0 aliphatic heterocycles. The Hall–Kier alpha value is -1.35. The highest BCUT2D eigenvalue weighted by Gasteiger charge is 2.41. The summed E-state index contributed by atoms with van der Waals surface area (Å²) in [5, 5.41) is 3.51. The molecule has 0 aromatic heterocycles. The number of benzene rings is 1. The van der Waals surface area contributed by atoms with Crippen LogP contribution in [0.25, 0.3) is 0 Å². The molecule has 2 atom stereocenters. The first-order valence-corrected chi connectivity index (χ1v) is 7.61. The number of nitrogens with one attached hydrogen (secondary N) is 1. The summed E-state index contributed by atoms with van der Waals surface area (Å²) >= 11 is 0. The van der Waals surface area contributed by atoms with Gasteiger partial charge in [-0.05, 0) is 32.3 Å². The summed E-state index contributed by atoms with van der Waals surface area (Å²) in [7, 11) is 0. The van der Waals surface area contributed by atoms with Crippen molar-refractivity contribution in [2.24, 2.45) is 0 Å². The molecule has 0 fully saturated rings. The third-order valence-corrected chi connectivity index (χ3v) is 3.62. The summed E-state index contributed by atoms with van der Waals surface area (Å²) in [4.78, 5) is 12.6. The van der Waals surface area contributed by atoms with E-state index < -0.39 is 5.54 Å². The number of rotatable bonds is 8. The Morgan fingerprint density at radius 3 is 2.40 bits per heavy atom. The second-order valence-corrected chi connectivity index (χ2v) is 5.20. The van der Waals surface area contributed by atoms with Crippen LogP contribution >= 0.6 is 0 Å². The summed E-state index contributed by atoms with van der Waals surface area (Å²) in [6.07, 6.45) is 2.62. The molecule has 0 amide bonds. The van der Waals surface area contributed by atoms with Gasteiger partial charge < -0.3 is 4.74 Å². The molecule has 1 N–H and O–H groups in total.